The molecule has 6 heteroatoms. The average Bonchev–Trinajstić information content (AvgIpc) is 2.47. The summed E-state index contributed by atoms with van der Waals surface area (Å²) in [7, 11) is 1.80. The molecule has 1 aromatic rings. The first-order chi connectivity index (χ1) is 9.60. The molecule has 1 aliphatic carbocycles. The Morgan fingerprint density at radius 3 is 2.45 bits per heavy atom. The third-order valence-corrected chi connectivity index (χ3v) is 5.94. The molecule has 0 bridgehead atoms. The lowest BCUT2D eigenvalue weighted by Gasteiger charge is -2.36. The molecule has 0 aromatic carbocycles. The quantitative estimate of drug-likeness (QED) is 0.802. The van der Waals surface area contributed by atoms with E-state index in [0.29, 0.717) is 26.4 Å². The number of halogens is 2. The Labute approximate surface area is 135 Å². The summed E-state index contributed by atoms with van der Waals surface area (Å²) in [5, 5.41) is 7.50. The van der Waals surface area contributed by atoms with E-state index in [9.17, 15) is 0 Å². The first-order valence-electron chi connectivity index (χ1n) is 6.93. The van der Waals surface area contributed by atoms with Crippen LogP contribution in [0.25, 0.3) is 0 Å². The summed E-state index contributed by atoms with van der Waals surface area (Å²) >= 11 is 14.2. The van der Waals surface area contributed by atoms with Gasteiger partial charge in [-0.05, 0) is 25.2 Å². The summed E-state index contributed by atoms with van der Waals surface area (Å²) in [5.74, 6) is 1.36. The molecule has 3 nitrogen and oxygen atoms in total. The van der Waals surface area contributed by atoms with E-state index in [1.165, 1.54) is 32.1 Å². The van der Waals surface area contributed by atoms with Crippen LogP contribution in [0.3, 0.4) is 0 Å². The standard InChI is InChI=1S/C14H21Cl2N3S/c1-17-12-10(15)8-11(16)13(19-12)18-9-14(20-2)6-4-3-5-7-14/h8H,3-7,9H2,1-2H3,(H2,17,18,19). The summed E-state index contributed by atoms with van der Waals surface area (Å²) in [6.07, 6.45) is 8.68. The first kappa shape index (κ1) is 16.1. The van der Waals surface area contributed by atoms with Crippen molar-refractivity contribution in [2.45, 2.75) is 36.9 Å². The van der Waals surface area contributed by atoms with Crippen LogP contribution in [0, 0.1) is 0 Å². The lowest BCUT2D eigenvalue weighted by molar-refractivity contribution is 0.411. The molecule has 0 saturated heterocycles. The highest BCUT2D eigenvalue weighted by Crippen LogP contribution is 2.39. The third kappa shape index (κ3) is 3.66. The van der Waals surface area contributed by atoms with Gasteiger partial charge in [0.15, 0.2) is 0 Å². The van der Waals surface area contributed by atoms with Crippen LogP contribution in [-0.2, 0) is 0 Å². The summed E-state index contributed by atoms with van der Waals surface area (Å²) in [5.41, 5.74) is 0. The molecule has 112 valence electrons. The number of anilines is 2. The van der Waals surface area contributed by atoms with Gasteiger partial charge in [0.25, 0.3) is 0 Å². The molecule has 0 amide bonds. The molecule has 1 aliphatic rings. The lowest BCUT2D eigenvalue weighted by atomic mass is 9.88. The number of thioether (sulfide) groups is 1. The van der Waals surface area contributed by atoms with Crippen LogP contribution >= 0.6 is 35.0 Å². The fraction of sp³-hybridized carbons (Fsp3) is 0.643. The maximum atomic E-state index is 6.22. The number of rotatable bonds is 5. The van der Waals surface area contributed by atoms with Crippen molar-refractivity contribution in [1.29, 1.82) is 0 Å². The van der Waals surface area contributed by atoms with Crippen LogP contribution in [0.15, 0.2) is 6.07 Å². The number of nitrogens with zero attached hydrogens (tertiary/aromatic N) is 1. The van der Waals surface area contributed by atoms with Crippen molar-refractivity contribution in [2.75, 3.05) is 30.5 Å². The zero-order valence-corrected chi connectivity index (χ0v) is 14.3. The Morgan fingerprint density at radius 2 is 1.85 bits per heavy atom. The van der Waals surface area contributed by atoms with Gasteiger partial charge in [0, 0.05) is 18.3 Å². The zero-order valence-electron chi connectivity index (χ0n) is 11.9. The van der Waals surface area contributed by atoms with Gasteiger partial charge < -0.3 is 10.6 Å². The molecule has 20 heavy (non-hydrogen) atoms. The molecular formula is C14H21Cl2N3S. The highest BCUT2D eigenvalue weighted by atomic mass is 35.5. The smallest absolute Gasteiger partial charge is 0.147 e. The summed E-state index contributed by atoms with van der Waals surface area (Å²) in [4.78, 5) is 4.44. The molecule has 0 atom stereocenters. The van der Waals surface area contributed by atoms with E-state index >= 15 is 0 Å². The summed E-state index contributed by atoms with van der Waals surface area (Å²) in [6, 6.07) is 1.73. The van der Waals surface area contributed by atoms with E-state index in [1.807, 2.05) is 11.8 Å². The highest BCUT2D eigenvalue weighted by molar-refractivity contribution is 8.00. The molecule has 2 N–H and O–H groups in total. The van der Waals surface area contributed by atoms with E-state index in [0.717, 1.165) is 6.54 Å². The fourth-order valence-electron chi connectivity index (χ4n) is 2.66. The molecule has 0 aliphatic heterocycles. The average molecular weight is 334 g/mol. The second kappa shape index (κ2) is 7.10. The van der Waals surface area contributed by atoms with Gasteiger partial charge in [-0.3, -0.25) is 0 Å². The van der Waals surface area contributed by atoms with Crippen molar-refractivity contribution < 1.29 is 0 Å². The van der Waals surface area contributed by atoms with Crippen molar-refractivity contribution in [3.8, 4) is 0 Å². The van der Waals surface area contributed by atoms with Crippen molar-refractivity contribution in [3.05, 3.63) is 16.1 Å². The van der Waals surface area contributed by atoms with E-state index in [1.54, 1.807) is 13.1 Å². The minimum Gasteiger partial charge on any atom is -0.372 e. The van der Waals surface area contributed by atoms with Gasteiger partial charge in [0.1, 0.15) is 11.6 Å². The Morgan fingerprint density at radius 1 is 1.20 bits per heavy atom. The Balaban J connectivity index is 2.09. The maximum Gasteiger partial charge on any atom is 0.147 e. The second-order valence-electron chi connectivity index (χ2n) is 5.20. The van der Waals surface area contributed by atoms with Crippen molar-refractivity contribution in [3.63, 3.8) is 0 Å². The Kier molecular flexibility index (Phi) is 5.70. The molecule has 1 saturated carbocycles. The van der Waals surface area contributed by atoms with E-state index in [2.05, 4.69) is 21.9 Å². The summed E-state index contributed by atoms with van der Waals surface area (Å²) in [6.45, 7) is 0.895. The van der Waals surface area contributed by atoms with Crippen molar-refractivity contribution in [1.82, 2.24) is 4.98 Å². The Hall–Kier alpha value is -0.320. The summed E-state index contributed by atoms with van der Waals surface area (Å²) < 4.78 is 0.308. The molecule has 0 radical (unpaired) electrons. The fourth-order valence-corrected chi connectivity index (χ4v) is 4.09. The van der Waals surface area contributed by atoms with Gasteiger partial charge in [-0.25, -0.2) is 4.98 Å². The van der Waals surface area contributed by atoms with Crippen LogP contribution in [0.1, 0.15) is 32.1 Å². The van der Waals surface area contributed by atoms with E-state index in [-0.39, 0.29) is 0 Å². The largest absolute Gasteiger partial charge is 0.372 e. The van der Waals surface area contributed by atoms with Crippen LogP contribution in [-0.4, -0.2) is 29.6 Å². The maximum absolute atomic E-state index is 6.22. The predicted molar refractivity (Wildman–Crippen MR) is 91.6 cm³/mol. The molecule has 0 unspecified atom stereocenters. The zero-order chi connectivity index (χ0) is 14.6. The Bertz CT molecular complexity index is 462. The molecule has 1 fully saturated rings. The van der Waals surface area contributed by atoms with Gasteiger partial charge >= 0.3 is 0 Å². The lowest BCUT2D eigenvalue weighted by Crippen LogP contribution is -2.35. The van der Waals surface area contributed by atoms with Crippen LogP contribution in [0.5, 0.6) is 0 Å². The minimum absolute atomic E-state index is 0.308. The van der Waals surface area contributed by atoms with Crippen molar-refractivity contribution in [2.24, 2.45) is 0 Å². The number of aromatic nitrogens is 1. The van der Waals surface area contributed by atoms with E-state index in [4.69, 9.17) is 23.2 Å². The number of hydrogen-bond acceptors (Lipinski definition) is 4. The van der Waals surface area contributed by atoms with Crippen LogP contribution < -0.4 is 10.6 Å². The van der Waals surface area contributed by atoms with Gasteiger partial charge in [0.2, 0.25) is 0 Å². The minimum atomic E-state index is 0.308. The normalized spacial score (nSPS) is 17.8. The predicted octanol–water partition coefficient (Wildman–Crippen LogP) is 4.91. The molecular weight excluding hydrogens is 313 g/mol. The van der Waals surface area contributed by atoms with Gasteiger partial charge in [-0.1, -0.05) is 42.5 Å². The molecule has 0 spiro atoms. The van der Waals surface area contributed by atoms with E-state index < -0.39 is 0 Å². The van der Waals surface area contributed by atoms with Gasteiger partial charge in [-0.2, -0.15) is 11.8 Å². The topological polar surface area (TPSA) is 37.0 Å². The highest BCUT2D eigenvalue weighted by Gasteiger charge is 2.31. The third-order valence-electron chi connectivity index (χ3n) is 3.94. The SMILES string of the molecule is CNc1nc(NCC2(SC)CCCCC2)c(Cl)cc1Cl. The van der Waals surface area contributed by atoms with Gasteiger partial charge in [-0.15, -0.1) is 0 Å². The molecule has 1 aromatic heterocycles. The molecule has 1 heterocycles. The molecule has 2 rings (SSSR count). The van der Waals surface area contributed by atoms with Crippen LogP contribution in [0.2, 0.25) is 10.0 Å². The van der Waals surface area contributed by atoms with Crippen LogP contribution in [0.4, 0.5) is 11.6 Å². The second-order valence-corrected chi connectivity index (χ2v) is 7.29. The number of nitrogens with one attached hydrogen (secondary N) is 2. The first-order valence-corrected chi connectivity index (χ1v) is 8.91. The van der Waals surface area contributed by atoms with Crippen molar-refractivity contribution >= 4 is 46.6 Å². The number of pyridine rings is 1. The number of hydrogen-bond donors (Lipinski definition) is 2. The monoisotopic (exact) mass is 333 g/mol. The van der Waals surface area contributed by atoms with Gasteiger partial charge in [0.05, 0.1) is 10.0 Å².